The van der Waals surface area contributed by atoms with Gasteiger partial charge in [-0.2, -0.15) is 0 Å². The number of fused-ring (bicyclic) bond motifs is 1. The van der Waals surface area contributed by atoms with Crippen molar-refractivity contribution < 1.29 is 8.42 Å². The Morgan fingerprint density at radius 2 is 1.89 bits per heavy atom. The molecule has 0 amide bonds. The van der Waals surface area contributed by atoms with E-state index in [1.165, 1.54) is 25.7 Å². The van der Waals surface area contributed by atoms with Crippen LogP contribution in [0.15, 0.2) is 0 Å². The third-order valence-electron chi connectivity index (χ3n) is 4.75. The first-order valence-corrected chi connectivity index (χ1v) is 8.79. The summed E-state index contributed by atoms with van der Waals surface area (Å²) >= 11 is 0. The van der Waals surface area contributed by atoms with Gasteiger partial charge in [0, 0.05) is 19.6 Å². The van der Waals surface area contributed by atoms with Crippen molar-refractivity contribution in [2.45, 2.75) is 50.7 Å². The molecule has 3 atom stereocenters. The van der Waals surface area contributed by atoms with Crippen molar-refractivity contribution in [1.82, 2.24) is 4.31 Å². The quantitative estimate of drug-likeness (QED) is 0.846. The number of nitrogens with zero attached hydrogens (tertiary/aromatic N) is 1. The fourth-order valence-corrected chi connectivity index (χ4v) is 5.35. The highest BCUT2D eigenvalue weighted by Crippen LogP contribution is 2.37. The zero-order valence-electron chi connectivity index (χ0n) is 11.3. The van der Waals surface area contributed by atoms with E-state index >= 15 is 0 Å². The standard InChI is InChI=1S/C13H26N2O2S/c1-2-13(9-14)18(16,17)15-8-7-11-5-3-4-6-12(11)10-15/h11-13H,2-10,14H2,1H3. The Hall–Kier alpha value is -0.130. The second-order valence-electron chi connectivity index (χ2n) is 5.76. The molecule has 1 saturated carbocycles. The molecule has 2 rings (SSSR count). The molecule has 4 nitrogen and oxygen atoms in total. The first-order valence-electron chi connectivity index (χ1n) is 7.28. The van der Waals surface area contributed by atoms with Crippen LogP contribution in [0.5, 0.6) is 0 Å². The van der Waals surface area contributed by atoms with Crippen molar-refractivity contribution in [2.24, 2.45) is 17.6 Å². The summed E-state index contributed by atoms with van der Waals surface area (Å²) in [6, 6.07) is 0. The monoisotopic (exact) mass is 274 g/mol. The molecule has 106 valence electrons. The highest BCUT2D eigenvalue weighted by molar-refractivity contribution is 7.89. The van der Waals surface area contributed by atoms with E-state index in [9.17, 15) is 8.42 Å². The minimum absolute atomic E-state index is 0.240. The van der Waals surface area contributed by atoms with Crippen LogP contribution >= 0.6 is 0 Å². The summed E-state index contributed by atoms with van der Waals surface area (Å²) in [6.07, 6.45) is 6.76. The smallest absolute Gasteiger partial charge is 0.218 e. The lowest BCUT2D eigenvalue weighted by Crippen LogP contribution is -2.49. The number of nitrogens with two attached hydrogens (primary N) is 1. The Morgan fingerprint density at radius 3 is 2.50 bits per heavy atom. The van der Waals surface area contributed by atoms with Crippen LogP contribution in [0.25, 0.3) is 0 Å². The molecule has 0 aromatic carbocycles. The SMILES string of the molecule is CCC(CN)S(=O)(=O)N1CCC2CCCCC2C1. The van der Waals surface area contributed by atoms with Crippen LogP contribution in [0, 0.1) is 11.8 Å². The molecule has 5 heteroatoms. The summed E-state index contributed by atoms with van der Waals surface area (Å²) < 4.78 is 26.7. The third-order valence-corrected chi connectivity index (χ3v) is 7.17. The summed E-state index contributed by atoms with van der Waals surface area (Å²) in [5, 5.41) is -0.391. The Kier molecular flexibility index (Phi) is 4.67. The number of rotatable bonds is 4. The third kappa shape index (κ3) is 2.73. The van der Waals surface area contributed by atoms with Gasteiger partial charge in [0.15, 0.2) is 0 Å². The van der Waals surface area contributed by atoms with Gasteiger partial charge in [0.2, 0.25) is 10.0 Å². The molecule has 0 spiro atoms. The van der Waals surface area contributed by atoms with Gasteiger partial charge in [0.05, 0.1) is 5.25 Å². The molecule has 1 heterocycles. The van der Waals surface area contributed by atoms with E-state index in [2.05, 4.69) is 0 Å². The van der Waals surface area contributed by atoms with Crippen LogP contribution in [0.2, 0.25) is 0 Å². The molecule has 18 heavy (non-hydrogen) atoms. The average Bonchev–Trinajstić information content (AvgIpc) is 2.39. The summed E-state index contributed by atoms with van der Waals surface area (Å²) in [6.45, 7) is 3.59. The normalized spacial score (nSPS) is 31.9. The van der Waals surface area contributed by atoms with Gasteiger partial charge in [-0.05, 0) is 31.1 Å². The molecular formula is C13H26N2O2S. The predicted octanol–water partition coefficient (Wildman–Crippen LogP) is 1.57. The minimum atomic E-state index is -3.17. The predicted molar refractivity (Wildman–Crippen MR) is 73.7 cm³/mol. The Bertz CT molecular complexity index is 365. The largest absolute Gasteiger partial charge is 0.329 e. The fraction of sp³-hybridized carbons (Fsp3) is 1.00. The summed E-state index contributed by atoms with van der Waals surface area (Å²) in [5.41, 5.74) is 5.60. The Morgan fingerprint density at radius 1 is 1.22 bits per heavy atom. The second-order valence-corrected chi connectivity index (χ2v) is 7.98. The molecule has 0 bridgehead atoms. The number of hydrogen-bond donors (Lipinski definition) is 1. The molecule has 1 aliphatic heterocycles. The van der Waals surface area contributed by atoms with E-state index in [0.717, 1.165) is 18.9 Å². The lowest BCUT2D eigenvalue weighted by Gasteiger charge is -2.41. The summed E-state index contributed by atoms with van der Waals surface area (Å²) in [4.78, 5) is 0. The lowest BCUT2D eigenvalue weighted by molar-refractivity contribution is 0.135. The molecule has 3 unspecified atom stereocenters. The highest BCUT2D eigenvalue weighted by atomic mass is 32.2. The van der Waals surface area contributed by atoms with Crippen molar-refractivity contribution in [3.63, 3.8) is 0 Å². The first kappa shape index (κ1) is 14.3. The van der Waals surface area contributed by atoms with Gasteiger partial charge in [-0.3, -0.25) is 0 Å². The van der Waals surface area contributed by atoms with Crippen molar-refractivity contribution in [3.05, 3.63) is 0 Å². The van der Waals surface area contributed by atoms with Crippen LogP contribution in [-0.2, 0) is 10.0 Å². The van der Waals surface area contributed by atoms with Gasteiger partial charge in [-0.15, -0.1) is 0 Å². The summed E-state index contributed by atoms with van der Waals surface area (Å²) in [5.74, 6) is 1.36. The zero-order chi connectivity index (χ0) is 13.2. The topological polar surface area (TPSA) is 63.4 Å². The van der Waals surface area contributed by atoms with Crippen LogP contribution in [0.1, 0.15) is 45.4 Å². The minimum Gasteiger partial charge on any atom is -0.329 e. The average molecular weight is 274 g/mol. The molecule has 0 radical (unpaired) electrons. The van der Waals surface area contributed by atoms with Gasteiger partial charge >= 0.3 is 0 Å². The molecule has 2 fully saturated rings. The Labute approximate surface area is 111 Å². The van der Waals surface area contributed by atoms with E-state index in [4.69, 9.17) is 5.73 Å². The number of hydrogen-bond acceptors (Lipinski definition) is 3. The highest BCUT2D eigenvalue weighted by Gasteiger charge is 2.38. The van der Waals surface area contributed by atoms with E-state index in [-0.39, 0.29) is 6.54 Å². The fourth-order valence-electron chi connectivity index (χ4n) is 3.51. The van der Waals surface area contributed by atoms with Gasteiger partial charge < -0.3 is 5.73 Å². The van der Waals surface area contributed by atoms with Crippen LogP contribution in [0.3, 0.4) is 0 Å². The van der Waals surface area contributed by atoms with Crippen LogP contribution in [-0.4, -0.2) is 37.6 Å². The number of piperidine rings is 1. The molecule has 2 N–H and O–H groups in total. The van der Waals surface area contributed by atoms with Crippen molar-refractivity contribution in [2.75, 3.05) is 19.6 Å². The van der Waals surface area contributed by atoms with Crippen LogP contribution < -0.4 is 5.73 Å². The maximum Gasteiger partial charge on any atom is 0.218 e. The van der Waals surface area contributed by atoms with E-state index in [1.54, 1.807) is 4.31 Å². The molecular weight excluding hydrogens is 248 g/mol. The first-order chi connectivity index (χ1) is 8.59. The lowest BCUT2D eigenvalue weighted by atomic mass is 9.76. The molecule has 1 aliphatic carbocycles. The maximum atomic E-state index is 12.5. The van der Waals surface area contributed by atoms with Crippen molar-refractivity contribution in [1.29, 1.82) is 0 Å². The summed E-state index contributed by atoms with van der Waals surface area (Å²) in [7, 11) is -3.17. The van der Waals surface area contributed by atoms with Gasteiger partial charge in [-0.25, -0.2) is 12.7 Å². The Balaban J connectivity index is 2.06. The van der Waals surface area contributed by atoms with Gasteiger partial charge in [-0.1, -0.05) is 26.2 Å². The van der Waals surface area contributed by atoms with E-state index in [1.807, 2.05) is 6.92 Å². The molecule has 0 aromatic rings. The molecule has 1 saturated heterocycles. The second kappa shape index (κ2) is 5.88. The molecule has 0 aromatic heterocycles. The van der Waals surface area contributed by atoms with Crippen LogP contribution in [0.4, 0.5) is 0 Å². The van der Waals surface area contributed by atoms with Gasteiger partial charge in [0.1, 0.15) is 0 Å². The van der Waals surface area contributed by atoms with E-state index < -0.39 is 15.3 Å². The maximum absolute atomic E-state index is 12.5. The van der Waals surface area contributed by atoms with Crippen molar-refractivity contribution in [3.8, 4) is 0 Å². The van der Waals surface area contributed by atoms with E-state index in [0.29, 0.717) is 18.9 Å². The number of sulfonamides is 1. The van der Waals surface area contributed by atoms with Crippen molar-refractivity contribution >= 4 is 10.0 Å². The zero-order valence-corrected chi connectivity index (χ0v) is 12.2. The van der Waals surface area contributed by atoms with Gasteiger partial charge in [0.25, 0.3) is 0 Å². The molecule has 2 aliphatic rings.